The number of non-ortho nitro benzene ring substituents is 1. The van der Waals surface area contributed by atoms with Gasteiger partial charge >= 0.3 is 5.97 Å². The van der Waals surface area contributed by atoms with E-state index in [1.807, 2.05) is 0 Å². The van der Waals surface area contributed by atoms with E-state index in [0.717, 1.165) is 30.3 Å². The van der Waals surface area contributed by atoms with Gasteiger partial charge in [0, 0.05) is 29.3 Å². The molecule has 7 nitrogen and oxygen atoms in total. The predicted octanol–water partition coefficient (Wildman–Crippen LogP) is 3.41. The van der Waals surface area contributed by atoms with Crippen LogP contribution in [0.3, 0.4) is 0 Å². The molecule has 0 bridgehead atoms. The highest BCUT2D eigenvalue weighted by molar-refractivity contribution is 5.99. The van der Waals surface area contributed by atoms with Crippen LogP contribution in [0, 0.1) is 21.7 Å². The zero-order valence-corrected chi connectivity index (χ0v) is 15.2. The van der Waals surface area contributed by atoms with Crippen molar-refractivity contribution in [2.45, 2.75) is 26.3 Å². The highest BCUT2D eigenvalue weighted by Crippen LogP contribution is 2.19. The Labute approximate surface area is 159 Å². The second kappa shape index (κ2) is 9.03. The molecule has 9 heteroatoms. The number of nitro groups is 1. The van der Waals surface area contributed by atoms with Crippen LogP contribution < -0.4 is 5.32 Å². The van der Waals surface area contributed by atoms with E-state index in [4.69, 9.17) is 4.74 Å². The summed E-state index contributed by atoms with van der Waals surface area (Å²) in [5, 5.41) is 13.6. The molecule has 2 rings (SSSR count). The first kappa shape index (κ1) is 20.9. The van der Waals surface area contributed by atoms with Gasteiger partial charge < -0.3 is 10.1 Å². The van der Waals surface area contributed by atoms with E-state index in [0.29, 0.717) is 0 Å². The van der Waals surface area contributed by atoms with Crippen molar-refractivity contribution >= 4 is 17.6 Å². The third-order valence-electron chi connectivity index (χ3n) is 3.85. The molecular weight excluding hydrogens is 374 g/mol. The van der Waals surface area contributed by atoms with E-state index < -0.39 is 40.2 Å². The number of nitrogens with zero attached hydrogens (tertiary/aromatic N) is 1. The highest BCUT2D eigenvalue weighted by Gasteiger charge is 2.20. The first-order valence-corrected chi connectivity index (χ1v) is 8.43. The van der Waals surface area contributed by atoms with Gasteiger partial charge in [-0.2, -0.15) is 0 Å². The minimum absolute atomic E-state index is 0.0638. The van der Waals surface area contributed by atoms with Crippen LogP contribution in [-0.4, -0.2) is 29.4 Å². The lowest BCUT2D eigenvalue weighted by atomic mass is 10.0. The number of esters is 1. The number of amides is 1. The number of carbonyl (C=O) groups is 2. The van der Waals surface area contributed by atoms with Gasteiger partial charge in [-0.05, 0) is 38.5 Å². The maximum Gasteiger partial charge on any atom is 0.338 e. The Kier molecular flexibility index (Phi) is 6.75. The molecule has 0 spiro atoms. The smallest absolute Gasteiger partial charge is 0.338 e. The number of nitrogens with one attached hydrogen (secondary N) is 1. The number of rotatable bonds is 7. The highest BCUT2D eigenvalue weighted by atomic mass is 19.1. The average molecular weight is 392 g/mol. The molecule has 2 aromatic carbocycles. The van der Waals surface area contributed by atoms with Crippen molar-refractivity contribution < 1.29 is 28.0 Å². The molecule has 0 aliphatic carbocycles. The normalized spacial score (nSPS) is 11.6. The summed E-state index contributed by atoms with van der Waals surface area (Å²) in [5.74, 6) is -3.00. The summed E-state index contributed by atoms with van der Waals surface area (Å²) in [4.78, 5) is 34.7. The summed E-state index contributed by atoms with van der Waals surface area (Å²) >= 11 is 0. The Morgan fingerprint density at radius 2 is 1.79 bits per heavy atom. The fraction of sp³-hybridized carbons (Fsp3) is 0.263. The summed E-state index contributed by atoms with van der Waals surface area (Å²) in [6.45, 7) is 3.17. The van der Waals surface area contributed by atoms with Crippen molar-refractivity contribution in [1.82, 2.24) is 5.32 Å². The predicted molar refractivity (Wildman–Crippen MR) is 96.0 cm³/mol. The van der Waals surface area contributed by atoms with Crippen molar-refractivity contribution in [3.8, 4) is 0 Å². The van der Waals surface area contributed by atoms with Crippen molar-refractivity contribution in [3.63, 3.8) is 0 Å². The molecule has 0 radical (unpaired) electrons. The number of benzene rings is 2. The Morgan fingerprint density at radius 1 is 1.18 bits per heavy atom. The molecule has 0 saturated heterocycles. The lowest BCUT2D eigenvalue weighted by molar-refractivity contribution is -0.384. The zero-order valence-electron chi connectivity index (χ0n) is 15.2. The van der Waals surface area contributed by atoms with Gasteiger partial charge in [-0.3, -0.25) is 14.9 Å². The van der Waals surface area contributed by atoms with Gasteiger partial charge in [0.25, 0.3) is 11.6 Å². The number of halogens is 2. The van der Waals surface area contributed by atoms with E-state index in [1.54, 1.807) is 6.92 Å². The van der Waals surface area contributed by atoms with Gasteiger partial charge in [0.15, 0.2) is 0 Å². The van der Waals surface area contributed by atoms with Crippen LogP contribution in [0.5, 0.6) is 0 Å². The molecule has 1 amide bonds. The van der Waals surface area contributed by atoms with Crippen molar-refractivity contribution in [3.05, 3.63) is 74.8 Å². The molecule has 1 atom stereocenters. The average Bonchev–Trinajstić information content (AvgIpc) is 2.64. The molecule has 1 unspecified atom stereocenters. The number of hydrogen-bond acceptors (Lipinski definition) is 5. The van der Waals surface area contributed by atoms with Crippen molar-refractivity contribution in [2.75, 3.05) is 6.61 Å². The molecule has 148 valence electrons. The number of carbonyl (C=O) groups excluding carboxylic acids is 2. The minimum Gasteiger partial charge on any atom is -0.462 e. The lowest BCUT2D eigenvalue weighted by Gasteiger charge is -2.15. The van der Waals surface area contributed by atoms with E-state index in [9.17, 15) is 28.5 Å². The SMILES string of the molecule is CCOC(=O)c1cc(C(=O)NC(C)Cc2c(F)cccc2F)cc([N+](=O)[O-])c1. The zero-order chi connectivity index (χ0) is 20.8. The van der Waals surface area contributed by atoms with Gasteiger partial charge in [0.2, 0.25) is 0 Å². The molecule has 0 fully saturated rings. The summed E-state index contributed by atoms with van der Waals surface area (Å²) in [6, 6.07) is 5.96. The first-order chi connectivity index (χ1) is 13.2. The van der Waals surface area contributed by atoms with Gasteiger partial charge in [-0.25, -0.2) is 13.6 Å². The third kappa shape index (κ3) is 5.09. The van der Waals surface area contributed by atoms with E-state index >= 15 is 0 Å². The molecule has 2 aromatic rings. The molecular formula is C19H18F2N2O5. The molecule has 28 heavy (non-hydrogen) atoms. The third-order valence-corrected chi connectivity index (χ3v) is 3.85. The van der Waals surface area contributed by atoms with Crippen molar-refractivity contribution in [1.29, 1.82) is 0 Å². The van der Waals surface area contributed by atoms with Crippen LogP contribution in [0.15, 0.2) is 36.4 Å². The topological polar surface area (TPSA) is 98.5 Å². The van der Waals surface area contributed by atoms with Crippen LogP contribution in [-0.2, 0) is 11.2 Å². The number of hydrogen-bond donors (Lipinski definition) is 1. The lowest BCUT2D eigenvalue weighted by Crippen LogP contribution is -2.34. The molecule has 1 N–H and O–H groups in total. The van der Waals surface area contributed by atoms with Crippen LogP contribution in [0.1, 0.15) is 40.1 Å². The van der Waals surface area contributed by atoms with Crippen molar-refractivity contribution in [2.24, 2.45) is 0 Å². The summed E-state index contributed by atoms with van der Waals surface area (Å²) < 4.78 is 32.3. The molecule has 0 aromatic heterocycles. The van der Waals surface area contributed by atoms with E-state index in [2.05, 4.69) is 5.32 Å². The summed E-state index contributed by atoms with van der Waals surface area (Å²) in [5.41, 5.74) is -0.919. The Balaban J connectivity index is 2.22. The van der Waals surface area contributed by atoms with E-state index in [-0.39, 0.29) is 29.7 Å². The largest absolute Gasteiger partial charge is 0.462 e. The van der Waals surface area contributed by atoms with Gasteiger partial charge in [-0.1, -0.05) is 6.07 Å². The molecule has 0 aliphatic heterocycles. The Bertz CT molecular complexity index is 897. The van der Waals surface area contributed by atoms with Gasteiger partial charge in [0.1, 0.15) is 11.6 Å². The number of ether oxygens (including phenoxy) is 1. The van der Waals surface area contributed by atoms with Crippen LogP contribution in [0.25, 0.3) is 0 Å². The van der Waals surface area contributed by atoms with E-state index in [1.165, 1.54) is 13.0 Å². The molecule has 0 saturated carbocycles. The summed E-state index contributed by atoms with van der Waals surface area (Å²) in [7, 11) is 0. The maximum atomic E-state index is 13.7. The second-order valence-electron chi connectivity index (χ2n) is 6.02. The molecule has 0 heterocycles. The summed E-state index contributed by atoms with van der Waals surface area (Å²) in [6.07, 6.45) is -0.121. The minimum atomic E-state index is -0.804. The quantitative estimate of drug-likeness (QED) is 0.442. The monoisotopic (exact) mass is 392 g/mol. The first-order valence-electron chi connectivity index (χ1n) is 8.43. The van der Waals surface area contributed by atoms with Crippen LogP contribution in [0.4, 0.5) is 14.5 Å². The van der Waals surface area contributed by atoms with Crippen LogP contribution >= 0.6 is 0 Å². The number of nitro benzene ring substituents is 1. The second-order valence-corrected chi connectivity index (χ2v) is 6.02. The fourth-order valence-corrected chi connectivity index (χ4v) is 2.57. The van der Waals surface area contributed by atoms with Crippen LogP contribution in [0.2, 0.25) is 0 Å². The van der Waals surface area contributed by atoms with Gasteiger partial charge in [0.05, 0.1) is 17.1 Å². The Hall–Kier alpha value is -3.36. The Morgan fingerprint density at radius 3 is 2.36 bits per heavy atom. The maximum absolute atomic E-state index is 13.7. The van der Waals surface area contributed by atoms with Gasteiger partial charge in [-0.15, -0.1) is 0 Å². The standard InChI is InChI=1S/C19H18F2N2O5/c1-3-28-19(25)13-8-12(9-14(10-13)23(26)27)18(24)22-11(2)7-15-16(20)5-4-6-17(15)21/h4-6,8-11H,3,7H2,1-2H3,(H,22,24). The fourth-order valence-electron chi connectivity index (χ4n) is 2.57. The molecule has 0 aliphatic rings.